The lowest BCUT2D eigenvalue weighted by atomic mass is 10.2. The summed E-state index contributed by atoms with van der Waals surface area (Å²) < 4.78 is 33.0. The Morgan fingerprint density at radius 1 is 1.11 bits per heavy atom. The van der Waals surface area contributed by atoms with Gasteiger partial charge in [-0.05, 0) is 49.4 Å². The van der Waals surface area contributed by atoms with E-state index in [1.807, 2.05) is 18.4 Å². The van der Waals surface area contributed by atoms with Crippen LogP contribution in [0.4, 0.5) is 5.69 Å². The van der Waals surface area contributed by atoms with Gasteiger partial charge in [-0.25, -0.2) is 8.42 Å². The van der Waals surface area contributed by atoms with Crippen molar-refractivity contribution in [3.05, 3.63) is 48.0 Å². The van der Waals surface area contributed by atoms with E-state index in [1.165, 1.54) is 29.2 Å². The lowest BCUT2D eigenvalue weighted by Gasteiger charge is -2.26. The molecule has 1 heterocycles. The first-order chi connectivity index (χ1) is 13.5. The number of nitrogens with zero attached hydrogens (tertiary/aromatic N) is 1. The summed E-state index contributed by atoms with van der Waals surface area (Å²) in [5.41, 5.74) is 0.962. The average molecular weight is 421 g/mol. The van der Waals surface area contributed by atoms with Crippen LogP contribution in [0.25, 0.3) is 0 Å². The molecule has 8 heteroatoms. The Balaban J connectivity index is 1.91. The van der Waals surface area contributed by atoms with Crippen LogP contribution in [0.2, 0.25) is 0 Å². The van der Waals surface area contributed by atoms with Gasteiger partial charge in [-0.3, -0.25) is 4.79 Å². The molecule has 1 fully saturated rings. The number of carbonyl (C=O) groups excluding carboxylic acids is 1. The zero-order valence-electron chi connectivity index (χ0n) is 16.0. The van der Waals surface area contributed by atoms with Gasteiger partial charge in [0.1, 0.15) is 10.6 Å². The van der Waals surface area contributed by atoms with Crippen LogP contribution in [-0.4, -0.2) is 45.1 Å². The van der Waals surface area contributed by atoms with E-state index in [0.717, 1.165) is 24.2 Å². The maximum Gasteiger partial charge on any atom is 0.256 e. The molecule has 1 saturated heterocycles. The van der Waals surface area contributed by atoms with Gasteiger partial charge >= 0.3 is 0 Å². The number of piperidine rings is 1. The zero-order chi connectivity index (χ0) is 20.1. The van der Waals surface area contributed by atoms with Gasteiger partial charge in [-0.15, -0.1) is 11.8 Å². The van der Waals surface area contributed by atoms with Gasteiger partial charge in [-0.2, -0.15) is 4.31 Å². The highest BCUT2D eigenvalue weighted by atomic mass is 32.2. The number of sulfonamides is 1. The van der Waals surface area contributed by atoms with Crippen molar-refractivity contribution < 1.29 is 17.9 Å². The normalized spacial score (nSPS) is 15.2. The molecule has 0 bridgehead atoms. The van der Waals surface area contributed by atoms with Crippen LogP contribution in [0.1, 0.15) is 29.6 Å². The Morgan fingerprint density at radius 3 is 2.50 bits per heavy atom. The first-order valence-corrected chi connectivity index (χ1v) is 11.8. The van der Waals surface area contributed by atoms with Crippen molar-refractivity contribution in [1.29, 1.82) is 0 Å². The number of hydrogen-bond donors (Lipinski definition) is 1. The van der Waals surface area contributed by atoms with Crippen LogP contribution >= 0.6 is 11.8 Å². The maximum atomic E-state index is 13.1. The Morgan fingerprint density at radius 2 is 1.82 bits per heavy atom. The van der Waals surface area contributed by atoms with Gasteiger partial charge in [-0.1, -0.05) is 18.6 Å². The fraction of sp³-hybridized carbons (Fsp3) is 0.350. The van der Waals surface area contributed by atoms with Gasteiger partial charge in [0.2, 0.25) is 10.0 Å². The Labute approximate surface area is 170 Å². The smallest absolute Gasteiger partial charge is 0.256 e. The van der Waals surface area contributed by atoms with Gasteiger partial charge in [0.05, 0.1) is 12.7 Å². The molecule has 0 atom stereocenters. The van der Waals surface area contributed by atoms with Crippen molar-refractivity contribution in [2.75, 3.05) is 31.8 Å². The van der Waals surface area contributed by atoms with E-state index in [2.05, 4.69) is 5.32 Å². The zero-order valence-corrected chi connectivity index (χ0v) is 17.6. The number of nitrogens with one attached hydrogen (secondary N) is 1. The number of carbonyl (C=O) groups is 1. The number of anilines is 1. The molecule has 28 heavy (non-hydrogen) atoms. The summed E-state index contributed by atoms with van der Waals surface area (Å²) in [6, 6.07) is 12.0. The molecule has 0 spiro atoms. The van der Waals surface area contributed by atoms with Gasteiger partial charge < -0.3 is 10.1 Å². The second-order valence-electron chi connectivity index (χ2n) is 6.48. The topological polar surface area (TPSA) is 75.7 Å². The fourth-order valence-electron chi connectivity index (χ4n) is 3.23. The van der Waals surface area contributed by atoms with Crippen LogP contribution in [0.15, 0.2) is 52.3 Å². The third-order valence-corrected chi connectivity index (χ3v) is 7.42. The molecule has 2 aromatic carbocycles. The Bertz CT molecular complexity index is 954. The highest BCUT2D eigenvalue weighted by Crippen LogP contribution is 2.31. The summed E-state index contributed by atoms with van der Waals surface area (Å²) in [4.78, 5) is 13.6. The van der Waals surface area contributed by atoms with Crippen molar-refractivity contribution in [2.45, 2.75) is 29.1 Å². The third kappa shape index (κ3) is 4.34. The van der Waals surface area contributed by atoms with E-state index >= 15 is 0 Å². The van der Waals surface area contributed by atoms with Crippen molar-refractivity contribution in [2.24, 2.45) is 0 Å². The summed E-state index contributed by atoms with van der Waals surface area (Å²) in [6.45, 7) is 1.01. The lowest BCUT2D eigenvalue weighted by Crippen LogP contribution is -2.35. The molecule has 0 radical (unpaired) electrons. The highest BCUT2D eigenvalue weighted by Gasteiger charge is 2.29. The van der Waals surface area contributed by atoms with Crippen molar-refractivity contribution in [3.63, 3.8) is 0 Å². The number of rotatable bonds is 6. The summed E-state index contributed by atoms with van der Waals surface area (Å²) in [7, 11) is -2.25. The average Bonchev–Trinajstić information content (AvgIpc) is 2.74. The molecule has 0 unspecified atom stereocenters. The number of ether oxygens (including phenoxy) is 1. The van der Waals surface area contributed by atoms with Crippen molar-refractivity contribution >= 4 is 33.4 Å². The molecular weight excluding hydrogens is 396 g/mol. The number of methoxy groups -OCH3 is 1. The van der Waals surface area contributed by atoms with E-state index in [4.69, 9.17) is 4.74 Å². The van der Waals surface area contributed by atoms with E-state index in [0.29, 0.717) is 24.3 Å². The Hall–Kier alpha value is -2.03. The molecular formula is C20H24N2O4S2. The number of benzene rings is 2. The molecule has 3 rings (SSSR count). The second kappa shape index (κ2) is 8.98. The van der Waals surface area contributed by atoms with E-state index in [9.17, 15) is 13.2 Å². The molecule has 1 N–H and O–H groups in total. The summed E-state index contributed by atoms with van der Waals surface area (Å²) in [5, 5.41) is 2.81. The minimum atomic E-state index is -3.69. The number of amides is 1. The minimum absolute atomic E-state index is 0.0767. The quantitative estimate of drug-likeness (QED) is 0.719. The summed E-state index contributed by atoms with van der Waals surface area (Å²) >= 11 is 1.48. The molecule has 1 aliphatic heterocycles. The molecule has 2 aromatic rings. The molecule has 1 amide bonds. The molecule has 6 nitrogen and oxygen atoms in total. The van der Waals surface area contributed by atoms with Crippen LogP contribution in [0.3, 0.4) is 0 Å². The third-order valence-electron chi connectivity index (χ3n) is 4.71. The van der Waals surface area contributed by atoms with E-state index in [-0.39, 0.29) is 16.6 Å². The van der Waals surface area contributed by atoms with Gasteiger partial charge in [0.25, 0.3) is 5.91 Å². The molecule has 0 aromatic heterocycles. The first-order valence-electron chi connectivity index (χ1n) is 9.10. The van der Waals surface area contributed by atoms with Crippen LogP contribution in [-0.2, 0) is 10.0 Å². The predicted molar refractivity (Wildman–Crippen MR) is 112 cm³/mol. The van der Waals surface area contributed by atoms with E-state index < -0.39 is 10.0 Å². The molecule has 0 saturated carbocycles. The Kier molecular flexibility index (Phi) is 6.64. The first kappa shape index (κ1) is 20.7. The second-order valence-corrected chi connectivity index (χ2v) is 9.24. The van der Waals surface area contributed by atoms with Gasteiger partial charge in [0.15, 0.2) is 0 Å². The van der Waals surface area contributed by atoms with Gasteiger partial charge in [0, 0.05) is 23.7 Å². The van der Waals surface area contributed by atoms with Crippen LogP contribution in [0.5, 0.6) is 5.75 Å². The monoisotopic (exact) mass is 420 g/mol. The molecule has 1 aliphatic rings. The largest absolute Gasteiger partial charge is 0.495 e. The summed E-state index contributed by atoms with van der Waals surface area (Å²) in [6.07, 6.45) is 4.64. The number of thioether (sulfide) groups is 1. The standard InChI is InChI=1S/C20H24N2O4S2/c1-26-17-11-10-15(21-20(23)16-8-4-5-9-18(16)27-2)14-19(17)28(24,25)22-12-6-3-7-13-22/h4-5,8-11,14H,3,6-7,12-13H2,1-2H3,(H,21,23). The highest BCUT2D eigenvalue weighted by molar-refractivity contribution is 7.98. The molecule has 0 aliphatic carbocycles. The van der Waals surface area contributed by atoms with Crippen molar-refractivity contribution in [3.8, 4) is 5.75 Å². The minimum Gasteiger partial charge on any atom is -0.495 e. The van der Waals surface area contributed by atoms with Crippen LogP contribution in [0, 0.1) is 0 Å². The lowest BCUT2D eigenvalue weighted by molar-refractivity contribution is 0.102. The summed E-state index contributed by atoms with van der Waals surface area (Å²) in [5.74, 6) is -0.00970. The van der Waals surface area contributed by atoms with Crippen molar-refractivity contribution in [1.82, 2.24) is 4.31 Å². The van der Waals surface area contributed by atoms with Crippen LogP contribution < -0.4 is 10.1 Å². The fourth-order valence-corrected chi connectivity index (χ4v) is 5.52. The SMILES string of the molecule is COc1ccc(NC(=O)c2ccccc2SC)cc1S(=O)(=O)N1CCCCC1. The van der Waals surface area contributed by atoms with E-state index in [1.54, 1.807) is 24.3 Å². The number of hydrogen-bond acceptors (Lipinski definition) is 5. The maximum absolute atomic E-state index is 13.1. The molecule has 150 valence electrons. The predicted octanol–water partition coefficient (Wildman–Crippen LogP) is 3.84.